The Bertz CT molecular complexity index is 2440. The molecule has 4 N–H and O–H groups in total. The van der Waals surface area contributed by atoms with E-state index in [1.807, 2.05) is 37.4 Å². The van der Waals surface area contributed by atoms with Gasteiger partial charge in [-0.05, 0) is 63.8 Å². The molecule has 4 atom stereocenters. The molecule has 1 aliphatic carbocycles. The summed E-state index contributed by atoms with van der Waals surface area (Å²) in [6.07, 6.45) is 6.21. The number of esters is 1. The maximum Gasteiger partial charge on any atom is 0.306 e. The Morgan fingerprint density at radius 2 is 1.85 bits per heavy atom. The molecule has 2 aromatic carbocycles. The number of rotatable bonds is 11. The SMILES string of the molecule is COC(=O)CCC(=O)N1C[C@H](Oc2cc(-c3csc(NC(C)C)n3)nc3cc(OC)ccc23)C[C@H]1C(=O)N[C@]12C[C@H]1/C=C\CCCCCNc1ccccc1S(=O)(=O)NC2=O. The monoisotopic (exact) mass is 873 g/mol. The van der Waals surface area contributed by atoms with Gasteiger partial charge in [-0.15, -0.1) is 11.3 Å². The lowest BCUT2D eigenvalue weighted by molar-refractivity contribution is -0.145. The second-order valence-electron chi connectivity index (χ2n) is 15.7. The van der Waals surface area contributed by atoms with Crippen LogP contribution in [0.15, 0.2) is 71.0 Å². The summed E-state index contributed by atoms with van der Waals surface area (Å²) in [5.74, 6) is -2.08. The number of nitrogens with zero attached hydrogens (tertiary/aromatic N) is 3. The Hall–Kier alpha value is -5.75. The van der Waals surface area contributed by atoms with E-state index in [0.29, 0.717) is 46.0 Å². The van der Waals surface area contributed by atoms with Crippen LogP contribution in [0.5, 0.6) is 11.5 Å². The number of thiazole rings is 1. The molecule has 324 valence electrons. The summed E-state index contributed by atoms with van der Waals surface area (Å²) in [6, 6.07) is 12.6. The Morgan fingerprint density at radius 1 is 1.03 bits per heavy atom. The van der Waals surface area contributed by atoms with Gasteiger partial charge in [-0.2, -0.15) is 0 Å². The molecule has 4 aromatic rings. The highest BCUT2D eigenvalue weighted by atomic mass is 32.2. The first-order chi connectivity index (χ1) is 29.3. The van der Waals surface area contributed by atoms with Crippen LogP contribution in [0, 0.1) is 5.92 Å². The number of anilines is 2. The first-order valence-corrected chi connectivity index (χ1v) is 22.8. The van der Waals surface area contributed by atoms with Crippen LogP contribution < -0.4 is 30.1 Å². The number of allylic oxidation sites excluding steroid dienone is 1. The second-order valence-corrected chi connectivity index (χ2v) is 18.3. The predicted octanol–water partition coefficient (Wildman–Crippen LogP) is 5.41. The third-order valence-corrected chi connectivity index (χ3v) is 13.2. The minimum Gasteiger partial charge on any atom is -0.497 e. The Labute approximate surface area is 358 Å². The number of sulfonamides is 1. The number of nitrogens with one attached hydrogen (secondary N) is 4. The molecule has 16 nitrogen and oxygen atoms in total. The topological polar surface area (TPSA) is 207 Å². The largest absolute Gasteiger partial charge is 0.497 e. The zero-order valence-corrected chi connectivity index (χ0v) is 36.2. The van der Waals surface area contributed by atoms with Crippen molar-refractivity contribution in [2.45, 2.75) is 93.8 Å². The van der Waals surface area contributed by atoms with Crippen molar-refractivity contribution < 1.29 is 41.8 Å². The zero-order valence-electron chi connectivity index (χ0n) is 34.6. The van der Waals surface area contributed by atoms with Crippen molar-refractivity contribution in [3.63, 3.8) is 0 Å². The van der Waals surface area contributed by atoms with Gasteiger partial charge in [0.25, 0.3) is 15.9 Å². The average molecular weight is 874 g/mol. The van der Waals surface area contributed by atoms with Crippen LogP contribution in [0.1, 0.15) is 65.2 Å². The number of carbonyl (C=O) groups is 4. The van der Waals surface area contributed by atoms with Gasteiger partial charge in [0.15, 0.2) is 5.13 Å². The molecule has 0 spiro atoms. The van der Waals surface area contributed by atoms with Gasteiger partial charge in [0.05, 0.1) is 44.1 Å². The summed E-state index contributed by atoms with van der Waals surface area (Å²) in [4.78, 5) is 65.5. The van der Waals surface area contributed by atoms with Gasteiger partial charge >= 0.3 is 5.97 Å². The van der Waals surface area contributed by atoms with Gasteiger partial charge in [0, 0.05) is 54.2 Å². The molecule has 1 saturated carbocycles. The molecule has 2 fully saturated rings. The summed E-state index contributed by atoms with van der Waals surface area (Å²) in [6.45, 7) is 4.58. The summed E-state index contributed by atoms with van der Waals surface area (Å²) in [5.41, 5.74) is 0.504. The van der Waals surface area contributed by atoms with E-state index >= 15 is 0 Å². The number of aromatic nitrogens is 2. The van der Waals surface area contributed by atoms with Crippen molar-refractivity contribution in [1.82, 2.24) is 24.9 Å². The number of hydrogen-bond donors (Lipinski definition) is 4. The zero-order chi connectivity index (χ0) is 43.3. The van der Waals surface area contributed by atoms with Crippen molar-refractivity contribution in [1.29, 1.82) is 0 Å². The standard InChI is InChI=1S/C43H51N7O9S2/c1-26(2)45-42-47-34(25-60-42)33-22-36(30-16-15-28(57-3)20-32(30)46-33)59-29-21-35(50(24-29)38(51)17-18-39(52)58-4)40(53)48-43-23-27(43)12-8-6-5-7-11-19-44-31-13-9-10-14-37(31)61(55,56)49-41(43)54/h8-10,12-16,20,22,25-27,29,35,44H,5-7,11,17-19,21,23-24H2,1-4H3,(H,45,47)(H,48,53)(H,49,54)/b12-8-/t27-,29-,35+,43-/m1/s1. The molecule has 2 aliphatic heterocycles. The number of likely N-dealkylation sites (tertiary alicyclic amines) is 1. The highest BCUT2D eigenvalue weighted by Gasteiger charge is 2.61. The van der Waals surface area contributed by atoms with Crippen molar-refractivity contribution in [2.75, 3.05) is 37.9 Å². The van der Waals surface area contributed by atoms with Crippen LogP contribution in [0.25, 0.3) is 22.3 Å². The Balaban J connectivity index is 1.18. The molecule has 61 heavy (non-hydrogen) atoms. The van der Waals surface area contributed by atoms with E-state index in [0.717, 1.165) is 30.8 Å². The molecule has 4 heterocycles. The number of methoxy groups -OCH3 is 2. The van der Waals surface area contributed by atoms with Crippen LogP contribution in [0.4, 0.5) is 10.8 Å². The number of amides is 3. The quantitative estimate of drug-likeness (QED) is 0.110. The highest BCUT2D eigenvalue weighted by molar-refractivity contribution is 7.90. The maximum absolute atomic E-state index is 14.5. The van der Waals surface area contributed by atoms with Crippen LogP contribution in [-0.2, 0) is 33.9 Å². The molecule has 0 radical (unpaired) electrons. The lowest BCUT2D eigenvalue weighted by Gasteiger charge is -2.26. The first-order valence-electron chi connectivity index (χ1n) is 20.4. The number of carbonyl (C=O) groups excluding carboxylic acids is 4. The van der Waals surface area contributed by atoms with Gasteiger partial charge < -0.3 is 35.1 Å². The number of ether oxygens (including phenoxy) is 3. The van der Waals surface area contributed by atoms with E-state index in [1.54, 1.807) is 43.5 Å². The fourth-order valence-corrected chi connectivity index (χ4v) is 9.80. The van der Waals surface area contributed by atoms with E-state index in [9.17, 15) is 27.6 Å². The van der Waals surface area contributed by atoms with E-state index in [1.165, 1.54) is 29.4 Å². The van der Waals surface area contributed by atoms with Crippen molar-refractivity contribution in [2.24, 2.45) is 5.92 Å². The lowest BCUT2D eigenvalue weighted by Crippen LogP contribution is -2.56. The highest BCUT2D eigenvalue weighted by Crippen LogP contribution is 2.46. The lowest BCUT2D eigenvalue weighted by atomic mass is 10.1. The predicted molar refractivity (Wildman–Crippen MR) is 231 cm³/mol. The van der Waals surface area contributed by atoms with E-state index < -0.39 is 57.3 Å². The number of benzene rings is 2. The van der Waals surface area contributed by atoms with Gasteiger partial charge in [-0.25, -0.2) is 23.1 Å². The molecule has 3 amide bonds. The van der Waals surface area contributed by atoms with Crippen LogP contribution >= 0.6 is 11.3 Å². The van der Waals surface area contributed by atoms with Crippen LogP contribution in [0.2, 0.25) is 0 Å². The van der Waals surface area contributed by atoms with Gasteiger partial charge in [-0.3, -0.25) is 19.2 Å². The van der Waals surface area contributed by atoms with Crippen molar-refractivity contribution >= 4 is 66.8 Å². The molecule has 18 heteroatoms. The number of para-hydroxylation sites is 1. The van der Waals surface area contributed by atoms with Gasteiger partial charge in [0.2, 0.25) is 11.8 Å². The number of pyridine rings is 1. The molecule has 7 rings (SSSR count). The minimum absolute atomic E-state index is 0.0206. The molecule has 3 aliphatic rings. The molecule has 0 unspecified atom stereocenters. The smallest absolute Gasteiger partial charge is 0.306 e. The first kappa shape index (κ1) is 43.3. The maximum atomic E-state index is 14.5. The molecular formula is C43H51N7O9S2. The fraction of sp³-hybridized carbons (Fsp3) is 0.442. The number of hydrogen-bond acceptors (Lipinski definition) is 14. The molecular weight excluding hydrogens is 823 g/mol. The van der Waals surface area contributed by atoms with E-state index in [4.69, 9.17) is 24.2 Å². The van der Waals surface area contributed by atoms with Gasteiger partial charge in [0.1, 0.15) is 39.8 Å². The summed E-state index contributed by atoms with van der Waals surface area (Å²) in [5, 5.41) is 12.7. The normalized spacial score (nSPS) is 22.9. The molecule has 1 saturated heterocycles. The summed E-state index contributed by atoms with van der Waals surface area (Å²) < 4.78 is 46.7. The molecule has 2 aromatic heterocycles. The second kappa shape index (κ2) is 18.5. The van der Waals surface area contributed by atoms with Crippen LogP contribution in [-0.4, -0.2) is 98.0 Å². The average Bonchev–Trinajstić information content (AvgIpc) is 3.50. The van der Waals surface area contributed by atoms with E-state index in [-0.39, 0.29) is 43.2 Å². The third-order valence-electron chi connectivity index (χ3n) is 11.0. The Morgan fingerprint density at radius 3 is 2.64 bits per heavy atom. The molecule has 0 bridgehead atoms. The third kappa shape index (κ3) is 9.91. The summed E-state index contributed by atoms with van der Waals surface area (Å²) in [7, 11) is -1.58. The minimum atomic E-state index is -4.37. The van der Waals surface area contributed by atoms with Crippen molar-refractivity contribution in [3.8, 4) is 22.9 Å². The van der Waals surface area contributed by atoms with Gasteiger partial charge in [-0.1, -0.05) is 30.7 Å². The Kier molecular flexibility index (Phi) is 13.1. The summed E-state index contributed by atoms with van der Waals surface area (Å²) >= 11 is 1.45. The number of fused-ring (bicyclic) bond motifs is 3. The fourth-order valence-electron chi connectivity index (χ4n) is 7.73. The van der Waals surface area contributed by atoms with Crippen LogP contribution in [0.3, 0.4) is 0 Å². The van der Waals surface area contributed by atoms with E-state index in [2.05, 4.69) is 20.7 Å². The van der Waals surface area contributed by atoms with Crippen molar-refractivity contribution in [3.05, 3.63) is 66.1 Å².